The van der Waals surface area contributed by atoms with Crippen molar-refractivity contribution in [1.29, 1.82) is 0 Å². The van der Waals surface area contributed by atoms with Crippen molar-refractivity contribution < 1.29 is 13.2 Å². The molecule has 0 atom stereocenters. The molecule has 2 aromatic carbocycles. The number of rotatable bonds is 5. The van der Waals surface area contributed by atoms with E-state index in [0.717, 1.165) is 11.3 Å². The molecule has 2 aliphatic heterocycles. The number of sulfonamides is 1. The predicted molar refractivity (Wildman–Crippen MR) is 127 cm³/mol. The van der Waals surface area contributed by atoms with Crippen LogP contribution in [0.1, 0.15) is 5.56 Å². The van der Waals surface area contributed by atoms with Gasteiger partial charge in [-0.25, -0.2) is 4.98 Å². The molecule has 2 aliphatic rings. The van der Waals surface area contributed by atoms with E-state index in [1.165, 1.54) is 16.8 Å². The fourth-order valence-corrected chi connectivity index (χ4v) is 6.00. The van der Waals surface area contributed by atoms with E-state index in [1.54, 1.807) is 9.47 Å². The molecule has 0 N–H and O–H groups in total. The summed E-state index contributed by atoms with van der Waals surface area (Å²) in [4.78, 5) is 20.9. The second-order valence-corrected chi connectivity index (χ2v) is 10.4. The summed E-state index contributed by atoms with van der Waals surface area (Å²) in [6, 6.07) is 15.2. The molecule has 0 spiro atoms. The second-order valence-electron chi connectivity index (χ2n) is 8.19. The summed E-state index contributed by atoms with van der Waals surface area (Å²) in [6.07, 6.45) is 3.53. The van der Waals surface area contributed by atoms with E-state index < -0.39 is 10.0 Å². The summed E-state index contributed by atoms with van der Waals surface area (Å²) < 4.78 is 29.2. The predicted octanol–water partition coefficient (Wildman–Crippen LogP) is 2.64. The zero-order valence-electron chi connectivity index (χ0n) is 18.0. The number of carbonyl (C=O) groups is 1. The Kier molecular flexibility index (Phi) is 5.76. The van der Waals surface area contributed by atoms with Crippen LogP contribution < -0.4 is 9.21 Å². The summed E-state index contributed by atoms with van der Waals surface area (Å²) in [7, 11) is -3.77. The maximum Gasteiger partial charge on any atom is 0.283 e. The Hall–Kier alpha value is -3.04. The second kappa shape index (κ2) is 8.72. The molecule has 5 rings (SSSR count). The Labute approximate surface area is 198 Å². The van der Waals surface area contributed by atoms with Crippen LogP contribution in [-0.4, -0.2) is 61.5 Å². The van der Waals surface area contributed by atoms with E-state index in [4.69, 9.17) is 11.6 Å². The standard InChI is InChI=1S/C23H24ClN5O3S/c24-19-5-3-6-20(14-19)27-10-12-28(13-11-27)23(30)16-26-15-22(25-17-26)33(31,32)29-9-8-18-4-1-2-7-21(18)29/h1-7,14-15,17H,8-13,16H2. The van der Waals surface area contributed by atoms with Gasteiger partial charge < -0.3 is 14.4 Å². The molecule has 1 aromatic heterocycles. The van der Waals surface area contributed by atoms with Crippen LogP contribution in [0.5, 0.6) is 0 Å². The third-order valence-electron chi connectivity index (χ3n) is 6.13. The highest BCUT2D eigenvalue weighted by molar-refractivity contribution is 7.92. The summed E-state index contributed by atoms with van der Waals surface area (Å²) in [5.41, 5.74) is 2.75. The molecule has 0 unspecified atom stereocenters. The Bertz CT molecular complexity index is 1280. The molecule has 8 nitrogen and oxygen atoms in total. The van der Waals surface area contributed by atoms with Gasteiger partial charge in [-0.2, -0.15) is 8.42 Å². The van der Waals surface area contributed by atoms with Crippen LogP contribution >= 0.6 is 11.6 Å². The first-order valence-corrected chi connectivity index (χ1v) is 12.6. The van der Waals surface area contributed by atoms with E-state index in [1.807, 2.05) is 48.5 Å². The van der Waals surface area contributed by atoms with Crippen molar-refractivity contribution in [3.63, 3.8) is 0 Å². The minimum absolute atomic E-state index is 0.0437. The first-order valence-electron chi connectivity index (χ1n) is 10.8. The Morgan fingerprint density at radius 3 is 2.58 bits per heavy atom. The smallest absolute Gasteiger partial charge is 0.283 e. The first kappa shape index (κ1) is 21.8. The number of halogens is 1. The third kappa shape index (κ3) is 4.30. The van der Waals surface area contributed by atoms with Crippen molar-refractivity contribution in [2.24, 2.45) is 0 Å². The van der Waals surface area contributed by atoms with Gasteiger partial charge in [-0.1, -0.05) is 35.9 Å². The third-order valence-corrected chi connectivity index (χ3v) is 8.07. The molecule has 3 heterocycles. The fourth-order valence-electron chi connectivity index (χ4n) is 4.37. The highest BCUT2D eigenvalue weighted by atomic mass is 35.5. The number of nitrogens with zero attached hydrogens (tertiary/aromatic N) is 5. The number of fused-ring (bicyclic) bond motifs is 1. The average molecular weight is 486 g/mol. The molecule has 172 valence electrons. The van der Waals surface area contributed by atoms with Crippen LogP contribution in [0.15, 0.2) is 66.1 Å². The van der Waals surface area contributed by atoms with Gasteiger partial charge in [0.15, 0.2) is 5.03 Å². The molecule has 1 amide bonds. The SMILES string of the molecule is O=C(Cn1cnc(S(=O)(=O)N2CCc3ccccc32)c1)N1CCN(c2cccc(Cl)c2)CC1. The van der Waals surface area contributed by atoms with Crippen molar-refractivity contribution in [3.8, 4) is 0 Å². The van der Waals surface area contributed by atoms with Gasteiger partial charge in [0.05, 0.1) is 12.0 Å². The number of piperazine rings is 1. The van der Waals surface area contributed by atoms with Crippen molar-refractivity contribution >= 4 is 38.9 Å². The number of para-hydroxylation sites is 1. The Balaban J connectivity index is 1.22. The highest BCUT2D eigenvalue weighted by Gasteiger charge is 2.32. The van der Waals surface area contributed by atoms with Crippen LogP contribution in [0.25, 0.3) is 0 Å². The number of imidazole rings is 1. The van der Waals surface area contributed by atoms with Crippen LogP contribution in [-0.2, 0) is 27.8 Å². The molecule has 0 radical (unpaired) electrons. The van der Waals surface area contributed by atoms with Crippen molar-refractivity contribution in [2.75, 3.05) is 41.9 Å². The number of benzene rings is 2. The number of amides is 1. The number of anilines is 2. The van der Waals surface area contributed by atoms with Crippen molar-refractivity contribution in [1.82, 2.24) is 14.5 Å². The molecule has 0 bridgehead atoms. The lowest BCUT2D eigenvalue weighted by Gasteiger charge is -2.36. The Morgan fingerprint density at radius 2 is 1.79 bits per heavy atom. The van der Waals surface area contributed by atoms with Gasteiger partial charge >= 0.3 is 0 Å². The van der Waals surface area contributed by atoms with Crippen LogP contribution in [0.3, 0.4) is 0 Å². The van der Waals surface area contributed by atoms with Gasteiger partial charge in [0.25, 0.3) is 10.0 Å². The van der Waals surface area contributed by atoms with E-state index in [0.29, 0.717) is 49.9 Å². The fraction of sp³-hybridized carbons (Fsp3) is 0.304. The average Bonchev–Trinajstić information content (AvgIpc) is 3.47. The number of hydrogen-bond donors (Lipinski definition) is 0. The normalized spacial score (nSPS) is 16.2. The van der Waals surface area contributed by atoms with Crippen LogP contribution in [0, 0.1) is 0 Å². The van der Waals surface area contributed by atoms with Crippen molar-refractivity contribution in [3.05, 3.63) is 71.6 Å². The lowest BCUT2D eigenvalue weighted by atomic mass is 10.2. The van der Waals surface area contributed by atoms with Gasteiger partial charge in [0.2, 0.25) is 5.91 Å². The van der Waals surface area contributed by atoms with Gasteiger partial charge in [0.1, 0.15) is 6.54 Å². The van der Waals surface area contributed by atoms with Gasteiger partial charge in [-0.15, -0.1) is 0 Å². The first-order chi connectivity index (χ1) is 15.9. The monoisotopic (exact) mass is 485 g/mol. The number of carbonyl (C=O) groups excluding carboxylic acids is 1. The summed E-state index contributed by atoms with van der Waals surface area (Å²) in [5, 5.41) is 0.645. The highest BCUT2D eigenvalue weighted by Crippen LogP contribution is 2.32. The number of aromatic nitrogens is 2. The molecule has 33 heavy (non-hydrogen) atoms. The zero-order valence-corrected chi connectivity index (χ0v) is 19.5. The maximum absolute atomic E-state index is 13.1. The van der Waals surface area contributed by atoms with Crippen LogP contribution in [0.2, 0.25) is 5.02 Å². The zero-order chi connectivity index (χ0) is 23.0. The van der Waals surface area contributed by atoms with Gasteiger partial charge in [-0.3, -0.25) is 9.10 Å². The summed E-state index contributed by atoms with van der Waals surface area (Å²) in [6.45, 7) is 3.06. The largest absolute Gasteiger partial charge is 0.368 e. The van der Waals surface area contributed by atoms with E-state index in [2.05, 4.69) is 9.88 Å². The van der Waals surface area contributed by atoms with Crippen LogP contribution in [0.4, 0.5) is 11.4 Å². The van der Waals surface area contributed by atoms with Gasteiger partial charge in [-0.05, 0) is 36.2 Å². The quantitative estimate of drug-likeness (QED) is 0.555. The lowest BCUT2D eigenvalue weighted by Crippen LogP contribution is -2.49. The molecular formula is C23H24ClN5O3S. The summed E-state index contributed by atoms with van der Waals surface area (Å²) >= 11 is 6.09. The minimum Gasteiger partial charge on any atom is -0.368 e. The van der Waals surface area contributed by atoms with E-state index in [9.17, 15) is 13.2 Å². The molecule has 1 fully saturated rings. The van der Waals surface area contributed by atoms with Gasteiger partial charge in [0, 0.05) is 49.6 Å². The summed E-state index contributed by atoms with van der Waals surface area (Å²) in [5.74, 6) is -0.0615. The van der Waals surface area contributed by atoms with E-state index in [-0.39, 0.29) is 17.5 Å². The minimum atomic E-state index is -3.77. The maximum atomic E-state index is 13.1. The van der Waals surface area contributed by atoms with Crippen molar-refractivity contribution in [2.45, 2.75) is 18.0 Å². The molecule has 0 saturated carbocycles. The topological polar surface area (TPSA) is 78.7 Å². The lowest BCUT2D eigenvalue weighted by molar-refractivity contribution is -0.132. The molecule has 10 heteroatoms. The molecule has 3 aromatic rings. The Morgan fingerprint density at radius 1 is 1.00 bits per heavy atom. The molecule has 1 saturated heterocycles. The van der Waals surface area contributed by atoms with E-state index >= 15 is 0 Å². The number of hydrogen-bond acceptors (Lipinski definition) is 5. The molecule has 0 aliphatic carbocycles. The molecular weight excluding hydrogens is 462 g/mol.